The van der Waals surface area contributed by atoms with Crippen LogP contribution in [0.1, 0.15) is 5.56 Å². The first kappa shape index (κ1) is 17.2. The van der Waals surface area contributed by atoms with Crippen LogP contribution in [0.15, 0.2) is 78.2 Å². The molecule has 5 rings (SSSR count). The Balaban J connectivity index is 1.55. The van der Waals surface area contributed by atoms with Crippen LogP contribution in [0.5, 0.6) is 0 Å². The van der Waals surface area contributed by atoms with Crippen LogP contribution in [0.4, 0.5) is 8.78 Å². The lowest BCUT2D eigenvalue weighted by Gasteiger charge is -2.11. The highest BCUT2D eigenvalue weighted by Crippen LogP contribution is 2.25. The van der Waals surface area contributed by atoms with Crippen LogP contribution < -0.4 is 5.56 Å². The van der Waals surface area contributed by atoms with E-state index in [0.717, 1.165) is 5.65 Å². The molecule has 0 atom stereocenters. The summed E-state index contributed by atoms with van der Waals surface area (Å²) in [4.78, 5) is 21.0. The number of hydrogen-bond acceptors (Lipinski definition) is 3. The first-order valence-electron chi connectivity index (χ1n) is 8.95. The van der Waals surface area contributed by atoms with E-state index in [0.29, 0.717) is 22.0 Å². The van der Waals surface area contributed by atoms with Crippen molar-refractivity contribution in [2.24, 2.45) is 0 Å². The summed E-state index contributed by atoms with van der Waals surface area (Å²) in [6.07, 6.45) is 6.48. The fraction of sp³-hybridized carbons (Fsp3) is 0.0455. The number of halogens is 2. The molecule has 2 aromatic carbocycles. The Bertz CT molecular complexity index is 1420. The quantitative estimate of drug-likeness (QED) is 0.469. The van der Waals surface area contributed by atoms with E-state index in [9.17, 15) is 13.6 Å². The molecule has 0 radical (unpaired) electrons. The molecule has 0 saturated carbocycles. The van der Waals surface area contributed by atoms with Crippen molar-refractivity contribution in [1.82, 2.24) is 18.9 Å². The second kappa shape index (κ2) is 6.63. The lowest BCUT2D eigenvalue weighted by atomic mass is 10.0. The maximum Gasteiger partial charge on any atom is 0.261 e. The predicted molar refractivity (Wildman–Crippen MR) is 106 cm³/mol. The number of para-hydroxylation sites is 1. The zero-order valence-corrected chi connectivity index (χ0v) is 15.1. The number of imidazole rings is 1. The van der Waals surface area contributed by atoms with Gasteiger partial charge in [-0.25, -0.2) is 18.7 Å². The predicted octanol–water partition coefficient (Wildman–Crippen LogP) is 4.04. The fourth-order valence-corrected chi connectivity index (χ4v) is 3.40. The first-order chi connectivity index (χ1) is 14.1. The number of nitrogens with zero attached hydrogens (tertiary/aromatic N) is 4. The van der Waals surface area contributed by atoms with Crippen molar-refractivity contribution in [2.75, 3.05) is 0 Å². The summed E-state index contributed by atoms with van der Waals surface area (Å²) < 4.78 is 32.6. The van der Waals surface area contributed by atoms with E-state index in [1.165, 1.54) is 23.0 Å². The van der Waals surface area contributed by atoms with E-state index >= 15 is 0 Å². The summed E-state index contributed by atoms with van der Waals surface area (Å²) in [6, 6.07) is 12.9. The highest BCUT2D eigenvalue weighted by atomic mass is 19.1. The smallest absolute Gasteiger partial charge is 0.261 e. The largest absolute Gasteiger partial charge is 0.306 e. The molecule has 5 nitrogen and oxygen atoms in total. The third-order valence-corrected chi connectivity index (χ3v) is 4.92. The van der Waals surface area contributed by atoms with Crippen LogP contribution in [0.25, 0.3) is 27.7 Å². The van der Waals surface area contributed by atoms with Gasteiger partial charge in [-0.15, -0.1) is 0 Å². The maximum absolute atomic E-state index is 14.8. The van der Waals surface area contributed by atoms with Crippen molar-refractivity contribution in [3.63, 3.8) is 0 Å². The minimum absolute atomic E-state index is 0.184. The van der Waals surface area contributed by atoms with Crippen LogP contribution in [0.3, 0.4) is 0 Å². The Morgan fingerprint density at radius 3 is 2.55 bits per heavy atom. The van der Waals surface area contributed by atoms with Crippen molar-refractivity contribution >= 4 is 16.6 Å². The molecule has 3 heterocycles. The summed E-state index contributed by atoms with van der Waals surface area (Å²) in [5.41, 5.74) is 1.82. The van der Waals surface area contributed by atoms with Gasteiger partial charge in [-0.3, -0.25) is 9.36 Å². The van der Waals surface area contributed by atoms with Gasteiger partial charge >= 0.3 is 0 Å². The van der Waals surface area contributed by atoms with E-state index in [2.05, 4.69) is 9.97 Å². The molecule has 5 aromatic rings. The molecule has 0 spiro atoms. The number of fused-ring (bicyclic) bond motifs is 2. The molecular weight excluding hydrogens is 374 g/mol. The van der Waals surface area contributed by atoms with Gasteiger partial charge in [0.1, 0.15) is 17.3 Å². The Hall–Kier alpha value is -3.87. The van der Waals surface area contributed by atoms with Crippen molar-refractivity contribution in [3.05, 3.63) is 101 Å². The van der Waals surface area contributed by atoms with Crippen molar-refractivity contribution in [3.8, 4) is 11.1 Å². The van der Waals surface area contributed by atoms with E-state index in [1.807, 2.05) is 0 Å². The molecule has 0 fully saturated rings. The second-order valence-corrected chi connectivity index (χ2v) is 6.72. The monoisotopic (exact) mass is 388 g/mol. The molecule has 3 aromatic heterocycles. The van der Waals surface area contributed by atoms with Gasteiger partial charge < -0.3 is 4.40 Å². The number of pyridine rings is 1. The average Bonchev–Trinajstić information content (AvgIpc) is 3.20. The summed E-state index contributed by atoms with van der Waals surface area (Å²) in [5.74, 6) is -1.43. The summed E-state index contributed by atoms with van der Waals surface area (Å²) >= 11 is 0. The normalized spacial score (nSPS) is 11.4. The Morgan fingerprint density at radius 1 is 0.931 bits per heavy atom. The van der Waals surface area contributed by atoms with Crippen LogP contribution >= 0.6 is 0 Å². The van der Waals surface area contributed by atoms with E-state index in [1.54, 1.807) is 59.4 Å². The second-order valence-electron chi connectivity index (χ2n) is 6.72. The molecule has 29 heavy (non-hydrogen) atoms. The van der Waals surface area contributed by atoms with Crippen LogP contribution in [-0.2, 0) is 6.54 Å². The third-order valence-electron chi connectivity index (χ3n) is 4.92. The number of aromatic nitrogens is 4. The van der Waals surface area contributed by atoms with E-state index < -0.39 is 11.6 Å². The molecule has 7 heteroatoms. The highest BCUT2D eigenvalue weighted by Gasteiger charge is 2.15. The summed E-state index contributed by atoms with van der Waals surface area (Å²) in [6.45, 7) is -0.241. The van der Waals surface area contributed by atoms with Crippen LogP contribution in [0.2, 0.25) is 0 Å². The minimum Gasteiger partial charge on any atom is -0.306 e. The number of hydrogen-bond donors (Lipinski definition) is 0. The SMILES string of the molecule is O=c1c2ccccc2ncn1Cc1c(F)cc(-c2ccc3nccn3c2)cc1F. The van der Waals surface area contributed by atoms with Gasteiger partial charge in [0.05, 0.1) is 23.8 Å². The molecule has 0 aliphatic carbocycles. The van der Waals surface area contributed by atoms with Gasteiger partial charge in [-0.2, -0.15) is 0 Å². The number of rotatable bonds is 3. The first-order valence-corrected chi connectivity index (χ1v) is 8.95. The molecule has 0 aliphatic rings. The van der Waals surface area contributed by atoms with Gasteiger partial charge in [0, 0.05) is 24.2 Å². The topological polar surface area (TPSA) is 52.2 Å². The molecule has 0 bridgehead atoms. The third kappa shape index (κ3) is 2.97. The Labute approximate surface area is 163 Å². The van der Waals surface area contributed by atoms with Crippen molar-refractivity contribution < 1.29 is 8.78 Å². The van der Waals surface area contributed by atoms with Gasteiger partial charge in [-0.05, 0) is 47.5 Å². The average molecular weight is 388 g/mol. The number of benzene rings is 2. The maximum atomic E-state index is 14.8. The highest BCUT2D eigenvalue weighted by molar-refractivity contribution is 5.76. The standard InChI is InChI=1S/C22H14F2N4O/c23-18-9-15(14-5-6-21-25-7-8-27(21)11-14)10-19(24)17(18)12-28-13-26-20-4-2-1-3-16(20)22(28)29/h1-11,13H,12H2. The zero-order chi connectivity index (χ0) is 20.0. The van der Waals surface area contributed by atoms with Crippen molar-refractivity contribution in [2.45, 2.75) is 6.54 Å². The Morgan fingerprint density at radius 2 is 1.72 bits per heavy atom. The van der Waals surface area contributed by atoms with Crippen LogP contribution in [-0.4, -0.2) is 18.9 Å². The fourth-order valence-electron chi connectivity index (χ4n) is 3.40. The summed E-state index contributed by atoms with van der Waals surface area (Å²) in [5, 5.41) is 0.404. The molecule has 142 valence electrons. The molecule has 0 unspecified atom stereocenters. The minimum atomic E-state index is -0.717. The van der Waals surface area contributed by atoms with Crippen LogP contribution in [0, 0.1) is 11.6 Å². The van der Waals surface area contributed by atoms with E-state index in [4.69, 9.17) is 0 Å². The van der Waals surface area contributed by atoms with Crippen molar-refractivity contribution in [1.29, 1.82) is 0 Å². The molecule has 0 amide bonds. The lowest BCUT2D eigenvalue weighted by Crippen LogP contribution is -2.22. The van der Waals surface area contributed by atoms with Gasteiger partial charge in [0.2, 0.25) is 0 Å². The van der Waals surface area contributed by atoms with E-state index in [-0.39, 0.29) is 17.7 Å². The Kier molecular flexibility index (Phi) is 3.94. The van der Waals surface area contributed by atoms with Gasteiger partial charge in [0.25, 0.3) is 5.56 Å². The van der Waals surface area contributed by atoms with Gasteiger partial charge in [0.15, 0.2) is 0 Å². The van der Waals surface area contributed by atoms with Gasteiger partial charge in [-0.1, -0.05) is 12.1 Å². The summed E-state index contributed by atoms with van der Waals surface area (Å²) in [7, 11) is 0. The lowest BCUT2D eigenvalue weighted by molar-refractivity contribution is 0.541. The molecule has 0 N–H and O–H groups in total. The molecule has 0 aliphatic heterocycles. The molecular formula is C22H14F2N4O. The molecule has 0 saturated heterocycles. The zero-order valence-electron chi connectivity index (χ0n) is 15.1.